The van der Waals surface area contributed by atoms with E-state index >= 15 is 0 Å². The molecule has 4 heteroatoms. The number of likely N-dealkylation sites (tertiary alicyclic amines) is 1. The van der Waals surface area contributed by atoms with Crippen LogP contribution in [0.15, 0.2) is 30.3 Å². The lowest BCUT2D eigenvalue weighted by atomic mass is 9.90. The number of piperidine rings is 1. The number of carbonyl (C=O) groups excluding carboxylic acids is 1. The summed E-state index contributed by atoms with van der Waals surface area (Å²) in [5.74, 6) is -0.177. The van der Waals surface area contributed by atoms with Crippen molar-refractivity contribution >= 4 is 5.97 Å². The molecule has 0 radical (unpaired) electrons. The highest BCUT2D eigenvalue weighted by Gasteiger charge is 2.35. The van der Waals surface area contributed by atoms with E-state index in [1.54, 1.807) is 0 Å². The van der Waals surface area contributed by atoms with Gasteiger partial charge in [-0.1, -0.05) is 36.8 Å². The molecule has 116 valence electrons. The number of carbonyl (C=O) groups is 1. The summed E-state index contributed by atoms with van der Waals surface area (Å²) < 4.78 is 4.83. The molecule has 3 atom stereocenters. The Morgan fingerprint density at radius 3 is 2.71 bits per heavy atom. The smallest absolute Gasteiger partial charge is 0.307 e. The Morgan fingerprint density at radius 1 is 1.38 bits per heavy atom. The molecule has 1 aromatic rings. The molecule has 1 aliphatic rings. The minimum absolute atomic E-state index is 0.0591. The lowest BCUT2D eigenvalue weighted by Crippen LogP contribution is -2.49. The lowest BCUT2D eigenvalue weighted by Gasteiger charge is -2.45. The number of benzene rings is 1. The van der Waals surface area contributed by atoms with E-state index in [0.717, 1.165) is 24.8 Å². The first kappa shape index (κ1) is 16.0. The van der Waals surface area contributed by atoms with Crippen molar-refractivity contribution in [3.63, 3.8) is 0 Å². The molecule has 0 aliphatic carbocycles. The van der Waals surface area contributed by atoms with Gasteiger partial charge in [0.1, 0.15) is 0 Å². The number of esters is 1. The maximum Gasteiger partial charge on any atom is 0.307 e. The molecule has 0 spiro atoms. The van der Waals surface area contributed by atoms with E-state index in [9.17, 15) is 9.90 Å². The number of ether oxygens (including phenoxy) is 1. The highest BCUT2D eigenvalue weighted by molar-refractivity contribution is 5.69. The Hall–Kier alpha value is -1.39. The summed E-state index contributed by atoms with van der Waals surface area (Å²) in [6, 6.07) is 10.5. The second-order valence-electron chi connectivity index (χ2n) is 5.77. The van der Waals surface area contributed by atoms with Gasteiger partial charge < -0.3 is 9.84 Å². The van der Waals surface area contributed by atoms with E-state index < -0.39 is 0 Å². The Labute approximate surface area is 126 Å². The van der Waals surface area contributed by atoms with Crippen LogP contribution in [0.5, 0.6) is 0 Å². The van der Waals surface area contributed by atoms with E-state index in [-0.39, 0.29) is 24.7 Å². The van der Waals surface area contributed by atoms with E-state index in [0.29, 0.717) is 12.5 Å². The van der Waals surface area contributed by atoms with Crippen LogP contribution in [0.3, 0.4) is 0 Å². The summed E-state index contributed by atoms with van der Waals surface area (Å²) in [5, 5.41) is 9.90. The average Bonchev–Trinajstić information content (AvgIpc) is 2.51. The molecule has 1 heterocycles. The van der Waals surface area contributed by atoms with Crippen LogP contribution in [-0.2, 0) is 9.53 Å². The molecule has 0 saturated carbocycles. The third kappa shape index (κ3) is 3.83. The molecule has 1 saturated heterocycles. The number of hydrogen-bond acceptors (Lipinski definition) is 4. The van der Waals surface area contributed by atoms with Gasteiger partial charge in [-0.05, 0) is 25.3 Å². The fourth-order valence-electron chi connectivity index (χ4n) is 3.40. The van der Waals surface area contributed by atoms with Crippen LogP contribution in [0.4, 0.5) is 0 Å². The fraction of sp³-hybridized carbons (Fsp3) is 0.588. The van der Waals surface area contributed by atoms with Crippen molar-refractivity contribution in [3.05, 3.63) is 35.9 Å². The Morgan fingerprint density at radius 2 is 2.10 bits per heavy atom. The zero-order valence-corrected chi connectivity index (χ0v) is 12.9. The number of aliphatic hydroxyl groups excluding tert-OH is 1. The molecular weight excluding hydrogens is 266 g/mol. The monoisotopic (exact) mass is 291 g/mol. The van der Waals surface area contributed by atoms with Gasteiger partial charge in [-0.25, -0.2) is 0 Å². The van der Waals surface area contributed by atoms with E-state index in [4.69, 9.17) is 4.74 Å². The first-order valence-electron chi connectivity index (χ1n) is 7.67. The first-order chi connectivity index (χ1) is 10.2. The second kappa shape index (κ2) is 7.57. The number of hydrogen-bond donors (Lipinski definition) is 1. The molecule has 1 aromatic carbocycles. The largest absolute Gasteiger partial charge is 0.469 e. The molecular formula is C17H25NO3. The lowest BCUT2D eigenvalue weighted by molar-refractivity contribution is -0.143. The normalized spacial score (nSPS) is 24.5. The molecule has 1 N–H and O–H groups in total. The van der Waals surface area contributed by atoms with Gasteiger partial charge in [0.25, 0.3) is 0 Å². The highest BCUT2D eigenvalue weighted by atomic mass is 16.5. The van der Waals surface area contributed by atoms with Gasteiger partial charge in [0.05, 0.1) is 26.2 Å². The van der Waals surface area contributed by atoms with Gasteiger partial charge in [-0.15, -0.1) is 0 Å². The Balaban J connectivity index is 2.23. The topological polar surface area (TPSA) is 49.8 Å². The molecule has 0 aromatic heterocycles. The summed E-state index contributed by atoms with van der Waals surface area (Å²) >= 11 is 0. The van der Waals surface area contributed by atoms with Crippen LogP contribution < -0.4 is 0 Å². The summed E-state index contributed by atoms with van der Waals surface area (Å²) in [5.41, 5.74) is 1.10. The van der Waals surface area contributed by atoms with Crippen LogP contribution in [0.25, 0.3) is 0 Å². The standard InChI is InChI=1S/C17H25NO3/c1-13-7-6-10-15(11-17(20)21-2)18(13)16(12-19)14-8-4-3-5-9-14/h3-5,8-9,13,15-16,19H,6-7,10-12H2,1-2H3/t13-,15+,16+/m0/s1. The van der Waals surface area contributed by atoms with Gasteiger partial charge in [-0.3, -0.25) is 9.69 Å². The van der Waals surface area contributed by atoms with Gasteiger partial charge in [0, 0.05) is 12.1 Å². The second-order valence-corrected chi connectivity index (χ2v) is 5.77. The number of rotatable bonds is 5. The summed E-state index contributed by atoms with van der Waals surface area (Å²) in [4.78, 5) is 14.0. The summed E-state index contributed by atoms with van der Waals surface area (Å²) in [6.07, 6.45) is 3.58. The van der Waals surface area contributed by atoms with Crippen molar-refractivity contribution in [1.29, 1.82) is 0 Å². The van der Waals surface area contributed by atoms with Crippen LogP contribution in [0.2, 0.25) is 0 Å². The third-order valence-electron chi connectivity index (χ3n) is 4.44. The molecule has 21 heavy (non-hydrogen) atoms. The molecule has 0 bridgehead atoms. The predicted octanol–water partition coefficient (Wildman–Crippen LogP) is 2.53. The van der Waals surface area contributed by atoms with Crippen LogP contribution in [-0.4, -0.2) is 41.8 Å². The Kier molecular flexibility index (Phi) is 5.76. The maximum atomic E-state index is 11.7. The third-order valence-corrected chi connectivity index (χ3v) is 4.44. The van der Waals surface area contributed by atoms with Crippen molar-refractivity contribution in [2.75, 3.05) is 13.7 Å². The summed E-state index contributed by atoms with van der Waals surface area (Å²) in [6.45, 7) is 2.24. The van der Waals surface area contributed by atoms with E-state index in [1.165, 1.54) is 7.11 Å². The SMILES string of the molecule is COC(=O)C[C@H]1CCC[C@H](C)N1[C@H](CO)c1ccccc1. The zero-order chi connectivity index (χ0) is 15.2. The molecule has 2 rings (SSSR count). The molecule has 0 unspecified atom stereocenters. The number of aliphatic hydroxyl groups is 1. The van der Waals surface area contributed by atoms with Crippen LogP contribution in [0.1, 0.15) is 44.2 Å². The quantitative estimate of drug-likeness (QED) is 0.847. The van der Waals surface area contributed by atoms with Gasteiger partial charge >= 0.3 is 5.97 Å². The minimum Gasteiger partial charge on any atom is -0.469 e. The Bertz CT molecular complexity index is 449. The fourth-order valence-corrected chi connectivity index (χ4v) is 3.40. The first-order valence-corrected chi connectivity index (χ1v) is 7.67. The van der Waals surface area contributed by atoms with Crippen LogP contribution in [0, 0.1) is 0 Å². The number of methoxy groups -OCH3 is 1. The molecule has 0 amide bonds. The van der Waals surface area contributed by atoms with Gasteiger partial charge in [0.2, 0.25) is 0 Å². The molecule has 1 fully saturated rings. The van der Waals surface area contributed by atoms with E-state index in [2.05, 4.69) is 11.8 Å². The van der Waals surface area contributed by atoms with Crippen molar-refractivity contribution in [2.45, 2.75) is 50.7 Å². The number of nitrogens with zero attached hydrogens (tertiary/aromatic N) is 1. The highest BCUT2D eigenvalue weighted by Crippen LogP contribution is 2.33. The minimum atomic E-state index is -0.177. The van der Waals surface area contributed by atoms with Crippen molar-refractivity contribution in [2.24, 2.45) is 0 Å². The maximum absolute atomic E-state index is 11.7. The average molecular weight is 291 g/mol. The van der Waals surface area contributed by atoms with Crippen LogP contribution >= 0.6 is 0 Å². The molecule has 1 aliphatic heterocycles. The van der Waals surface area contributed by atoms with E-state index in [1.807, 2.05) is 30.3 Å². The predicted molar refractivity (Wildman–Crippen MR) is 81.8 cm³/mol. The zero-order valence-electron chi connectivity index (χ0n) is 12.9. The molecule has 4 nitrogen and oxygen atoms in total. The summed E-state index contributed by atoms with van der Waals surface area (Å²) in [7, 11) is 1.43. The van der Waals surface area contributed by atoms with Crippen molar-refractivity contribution in [3.8, 4) is 0 Å². The van der Waals surface area contributed by atoms with Gasteiger partial charge in [0.15, 0.2) is 0 Å². The van der Waals surface area contributed by atoms with Crippen molar-refractivity contribution < 1.29 is 14.6 Å². The van der Waals surface area contributed by atoms with Gasteiger partial charge in [-0.2, -0.15) is 0 Å². The van der Waals surface area contributed by atoms with Crippen molar-refractivity contribution in [1.82, 2.24) is 4.90 Å².